The van der Waals surface area contributed by atoms with Crippen molar-refractivity contribution < 1.29 is 0 Å². The van der Waals surface area contributed by atoms with Crippen LogP contribution in [0.15, 0.2) is 340 Å². The first-order valence-electron chi connectivity index (χ1n) is 27.7. The summed E-state index contributed by atoms with van der Waals surface area (Å²) < 4.78 is 0. The highest BCUT2D eigenvalue weighted by Crippen LogP contribution is 2.47. The van der Waals surface area contributed by atoms with E-state index in [-0.39, 0.29) is 0 Å². The molecule has 14 rings (SSSR count). The van der Waals surface area contributed by atoms with Gasteiger partial charge >= 0.3 is 0 Å². The lowest BCUT2D eigenvalue weighted by Gasteiger charge is -2.35. The molecule has 0 aliphatic carbocycles. The maximum Gasteiger partial charge on any atom is 0.179 e. The number of benzene rings is 14. The SMILES string of the molecule is c1ccc(N(c2ccc([Si](c3ccccc3)(c3ccccc3)c3ccccc3)cc2)c2ccc3ccc4c(N(c5ccccc5)c5ccc([Si](c6ccccc6)(c6ccccc6)c6ccccc6)cc5)ccc5ccc2c3c54)cc1. The van der Waals surface area contributed by atoms with Crippen LogP contribution >= 0.6 is 0 Å². The van der Waals surface area contributed by atoms with E-state index in [4.69, 9.17) is 0 Å². The van der Waals surface area contributed by atoms with Gasteiger partial charge in [-0.25, -0.2) is 0 Å². The topological polar surface area (TPSA) is 6.48 Å². The van der Waals surface area contributed by atoms with E-state index in [9.17, 15) is 0 Å². The largest absolute Gasteiger partial charge is 0.310 e. The van der Waals surface area contributed by atoms with E-state index in [2.05, 4.69) is 350 Å². The van der Waals surface area contributed by atoms with Crippen LogP contribution in [0.2, 0.25) is 0 Å². The maximum atomic E-state index is 2.45. The van der Waals surface area contributed by atoms with Gasteiger partial charge in [-0.05, 0) is 124 Å². The standard InChI is InChI=1S/C76H56N2Si2/c1-9-25-59(26-10-1)77(61-45-49-69(50-46-61)79(63-29-13-3-14-30-63,64-31-15-4-16-32-64)65-33-17-5-18-34-65)73-55-43-57-42-54-72-74(56-44-58-41-53-71(73)75(57)76(58)72)78(60-27-11-2-12-28-60)62-47-51-70(52-48-62)80(66-35-19-6-20-36-66,67-37-21-7-22-38-67)68-39-23-8-24-40-68/h1-56H. The summed E-state index contributed by atoms with van der Waals surface area (Å²) >= 11 is 0. The molecule has 0 saturated heterocycles. The van der Waals surface area contributed by atoms with Crippen LogP contribution in [0.1, 0.15) is 0 Å². The molecule has 0 aliphatic heterocycles. The van der Waals surface area contributed by atoms with Crippen LogP contribution < -0.4 is 51.3 Å². The first kappa shape index (κ1) is 48.5. The lowest BCUT2D eigenvalue weighted by atomic mass is 9.91. The summed E-state index contributed by atoms with van der Waals surface area (Å²) in [5.41, 5.74) is 6.67. The molecule has 0 spiro atoms. The Morgan fingerprint density at radius 3 is 0.650 bits per heavy atom. The second-order valence-corrected chi connectivity index (χ2v) is 28.3. The van der Waals surface area contributed by atoms with Gasteiger partial charge in [0.15, 0.2) is 16.1 Å². The number of hydrogen-bond acceptors (Lipinski definition) is 2. The van der Waals surface area contributed by atoms with Crippen molar-refractivity contribution in [2.75, 3.05) is 9.80 Å². The number of para-hydroxylation sites is 2. The van der Waals surface area contributed by atoms with Crippen LogP contribution in [0.5, 0.6) is 0 Å². The van der Waals surface area contributed by atoms with Crippen LogP contribution in [-0.4, -0.2) is 16.1 Å². The average molecular weight is 1050 g/mol. The van der Waals surface area contributed by atoms with Crippen molar-refractivity contribution in [2.24, 2.45) is 0 Å². The van der Waals surface area contributed by atoms with Gasteiger partial charge in [-0.1, -0.05) is 279 Å². The molecule has 0 unspecified atom stereocenters. The zero-order chi connectivity index (χ0) is 53.3. The van der Waals surface area contributed by atoms with Gasteiger partial charge < -0.3 is 9.80 Å². The molecule has 0 N–H and O–H groups in total. The summed E-state index contributed by atoms with van der Waals surface area (Å²) in [6, 6.07) is 126. The molecule has 80 heavy (non-hydrogen) atoms. The van der Waals surface area contributed by atoms with E-state index < -0.39 is 16.1 Å². The third-order valence-electron chi connectivity index (χ3n) is 16.5. The lowest BCUT2D eigenvalue weighted by molar-refractivity contribution is 1.30. The van der Waals surface area contributed by atoms with Crippen molar-refractivity contribution in [1.82, 2.24) is 0 Å². The Balaban J connectivity index is 0.926. The van der Waals surface area contributed by atoms with Gasteiger partial charge in [-0.3, -0.25) is 0 Å². The van der Waals surface area contributed by atoms with Crippen molar-refractivity contribution in [3.05, 3.63) is 340 Å². The molecule has 0 fully saturated rings. The normalized spacial score (nSPS) is 11.8. The monoisotopic (exact) mass is 1050 g/mol. The second kappa shape index (κ2) is 20.8. The zero-order valence-corrected chi connectivity index (χ0v) is 46.2. The Morgan fingerprint density at radius 1 is 0.175 bits per heavy atom. The minimum atomic E-state index is -2.74. The molecule has 0 saturated carbocycles. The quantitative estimate of drug-likeness (QED) is 0.0608. The summed E-state index contributed by atoms with van der Waals surface area (Å²) in [6.45, 7) is 0. The molecule has 0 radical (unpaired) electrons. The highest BCUT2D eigenvalue weighted by molar-refractivity contribution is 7.20. The van der Waals surface area contributed by atoms with E-state index >= 15 is 0 Å². The summed E-state index contributed by atoms with van der Waals surface area (Å²) in [6.07, 6.45) is 0. The minimum Gasteiger partial charge on any atom is -0.310 e. The molecule has 0 atom stereocenters. The van der Waals surface area contributed by atoms with E-state index in [1.807, 2.05) is 0 Å². The second-order valence-electron chi connectivity index (χ2n) is 20.7. The van der Waals surface area contributed by atoms with Crippen molar-refractivity contribution >= 4 is 124 Å². The van der Waals surface area contributed by atoms with E-state index in [0.717, 1.165) is 34.1 Å². The predicted molar refractivity (Wildman–Crippen MR) is 347 cm³/mol. The summed E-state index contributed by atoms with van der Waals surface area (Å²) in [5, 5.41) is 18.2. The van der Waals surface area contributed by atoms with Crippen LogP contribution in [0.25, 0.3) is 32.3 Å². The number of rotatable bonds is 14. The van der Waals surface area contributed by atoms with Gasteiger partial charge in [0.2, 0.25) is 0 Å². The third-order valence-corrected chi connectivity index (χ3v) is 26.1. The average Bonchev–Trinajstić information content (AvgIpc) is 3.66. The van der Waals surface area contributed by atoms with E-state index in [0.29, 0.717) is 0 Å². The maximum absolute atomic E-state index is 2.74. The van der Waals surface area contributed by atoms with Gasteiger partial charge in [0.1, 0.15) is 0 Å². The fraction of sp³-hybridized carbons (Fsp3) is 0. The minimum absolute atomic E-state index is 1.10. The van der Waals surface area contributed by atoms with Crippen LogP contribution in [-0.2, 0) is 0 Å². The van der Waals surface area contributed by atoms with Crippen molar-refractivity contribution in [3.8, 4) is 0 Å². The molecule has 0 amide bonds. The third kappa shape index (κ3) is 8.15. The first-order valence-corrected chi connectivity index (χ1v) is 31.7. The van der Waals surface area contributed by atoms with Crippen LogP contribution in [0.4, 0.5) is 34.1 Å². The van der Waals surface area contributed by atoms with E-state index in [1.54, 1.807) is 0 Å². The molecule has 0 heterocycles. The zero-order valence-electron chi connectivity index (χ0n) is 44.2. The number of anilines is 6. The Bertz CT molecular complexity index is 3880. The molecule has 14 aromatic rings. The molecule has 14 aromatic carbocycles. The number of hydrogen-bond donors (Lipinski definition) is 0. The Labute approximate surface area is 470 Å². The fourth-order valence-corrected chi connectivity index (χ4v) is 22.5. The molecule has 0 aliphatic rings. The molecule has 378 valence electrons. The van der Waals surface area contributed by atoms with Crippen molar-refractivity contribution in [1.29, 1.82) is 0 Å². The summed E-state index contributed by atoms with van der Waals surface area (Å²) in [5.74, 6) is 0. The van der Waals surface area contributed by atoms with Gasteiger partial charge in [0.25, 0.3) is 0 Å². The van der Waals surface area contributed by atoms with Crippen molar-refractivity contribution in [2.45, 2.75) is 0 Å². The smallest absolute Gasteiger partial charge is 0.179 e. The molecule has 0 aromatic heterocycles. The highest BCUT2D eigenvalue weighted by Gasteiger charge is 2.43. The lowest BCUT2D eigenvalue weighted by Crippen LogP contribution is -2.74. The predicted octanol–water partition coefficient (Wildman–Crippen LogP) is 14.3. The van der Waals surface area contributed by atoms with Gasteiger partial charge in [0, 0.05) is 33.5 Å². The summed E-state index contributed by atoms with van der Waals surface area (Å²) in [4.78, 5) is 4.91. The molecule has 4 heteroatoms. The Hall–Kier alpha value is -9.85. The van der Waals surface area contributed by atoms with Gasteiger partial charge in [-0.15, -0.1) is 0 Å². The molecular weight excluding hydrogens is 997 g/mol. The molecule has 2 nitrogen and oxygen atoms in total. The fourth-order valence-electron chi connectivity index (χ4n) is 13.0. The Kier molecular flexibility index (Phi) is 12.6. The van der Waals surface area contributed by atoms with Gasteiger partial charge in [0.05, 0.1) is 11.4 Å². The molecular formula is C76H56N2Si2. The Morgan fingerprint density at radius 2 is 0.388 bits per heavy atom. The highest BCUT2D eigenvalue weighted by atomic mass is 28.3. The first-order chi connectivity index (χ1) is 39.7. The number of nitrogens with zero attached hydrogens (tertiary/aromatic N) is 2. The van der Waals surface area contributed by atoms with Crippen molar-refractivity contribution in [3.63, 3.8) is 0 Å². The van der Waals surface area contributed by atoms with Gasteiger partial charge in [-0.2, -0.15) is 0 Å². The van der Waals surface area contributed by atoms with Crippen LogP contribution in [0.3, 0.4) is 0 Å². The summed E-state index contributed by atoms with van der Waals surface area (Å²) in [7, 11) is -5.49. The van der Waals surface area contributed by atoms with E-state index in [1.165, 1.54) is 73.8 Å². The van der Waals surface area contributed by atoms with Crippen LogP contribution in [0, 0.1) is 0 Å². The molecule has 0 bridgehead atoms.